The maximum Gasteiger partial charge on any atom is 0.306 e. The second-order valence-electron chi connectivity index (χ2n) is 24.3. The Bertz CT molecular complexity index is 3900. The molecule has 0 radical (unpaired) electrons. The molecule has 94 heavy (non-hydrogen) atoms. The molecule has 17 heteroatoms. The Labute approximate surface area is 566 Å². The van der Waals surface area contributed by atoms with Crippen molar-refractivity contribution in [2.24, 2.45) is 0 Å². The predicted octanol–water partition coefficient (Wildman–Crippen LogP) is 12.8. The summed E-state index contributed by atoms with van der Waals surface area (Å²) in [4.78, 5) is 55.3. The van der Waals surface area contributed by atoms with Crippen LogP contribution in [0.3, 0.4) is 0 Å². The molecule has 4 aromatic rings. The van der Waals surface area contributed by atoms with Crippen LogP contribution in [0.5, 0.6) is 0 Å². The Morgan fingerprint density at radius 2 is 0.915 bits per heavy atom. The van der Waals surface area contributed by atoms with Crippen LogP contribution in [-0.2, 0) is 14.3 Å². The number of thioether (sulfide) groups is 2. The van der Waals surface area contributed by atoms with Crippen molar-refractivity contribution in [2.45, 2.75) is 81.1 Å². The fraction of sp³-hybridized carbons (Fsp3) is 0.468. The average Bonchev–Trinajstić information content (AvgIpc) is 0.755. The summed E-state index contributed by atoms with van der Waals surface area (Å²) >= 11 is 3.67. The van der Waals surface area contributed by atoms with Gasteiger partial charge in [0.1, 0.15) is 48.9 Å². The van der Waals surface area contributed by atoms with Gasteiger partial charge in [-0.3, -0.25) is 24.2 Å². The minimum atomic E-state index is -0.143. The molecule has 0 unspecified atom stereocenters. The summed E-state index contributed by atoms with van der Waals surface area (Å²) in [5.74, 6) is 3.34. The molecule has 10 rings (SSSR count). The van der Waals surface area contributed by atoms with Crippen LogP contribution < -0.4 is 29.7 Å². The highest BCUT2D eigenvalue weighted by Gasteiger charge is 2.30. The Balaban J connectivity index is 0.597. The minimum absolute atomic E-state index is 0.0373. The smallest absolute Gasteiger partial charge is 0.306 e. The molecule has 0 bridgehead atoms. The van der Waals surface area contributed by atoms with Crippen molar-refractivity contribution in [1.82, 2.24) is 28.8 Å². The quantitative estimate of drug-likeness (QED) is 0.0135. The zero-order valence-electron chi connectivity index (χ0n) is 57.1. The molecule has 4 aliphatic heterocycles. The Kier molecular flexibility index (Phi) is 25.6. The van der Waals surface area contributed by atoms with Crippen LogP contribution in [0.4, 0.5) is 11.4 Å². The van der Waals surface area contributed by atoms with Gasteiger partial charge in [0.2, 0.25) is 10.7 Å². The van der Waals surface area contributed by atoms with E-state index in [2.05, 4.69) is 169 Å². The summed E-state index contributed by atoms with van der Waals surface area (Å²) in [6.07, 6.45) is 3.11. The van der Waals surface area contributed by atoms with E-state index in [1.54, 1.807) is 11.8 Å². The van der Waals surface area contributed by atoms with Crippen molar-refractivity contribution in [2.75, 3.05) is 164 Å². The molecule has 6 aliphatic rings. The van der Waals surface area contributed by atoms with E-state index in [1.165, 1.54) is 0 Å². The van der Waals surface area contributed by atoms with Gasteiger partial charge in [-0.05, 0) is 140 Å². The number of anilines is 2. The monoisotopic (exact) mass is 1310 g/mol. The van der Waals surface area contributed by atoms with E-state index in [0.717, 1.165) is 235 Å². The van der Waals surface area contributed by atoms with E-state index in [0.29, 0.717) is 44.8 Å². The number of ether oxygens (including phenoxy) is 2. The van der Waals surface area contributed by atoms with Crippen molar-refractivity contribution in [3.63, 3.8) is 0 Å². The molecule has 4 heterocycles. The van der Waals surface area contributed by atoms with Crippen LogP contribution in [-0.4, -0.2) is 192 Å². The minimum Gasteiger partial charge on any atom is -0.466 e. The molecule has 2 fully saturated rings. The molecule has 0 spiro atoms. The highest BCUT2D eigenvalue weighted by molar-refractivity contribution is 8.15. The molecule has 0 atom stereocenters. The van der Waals surface area contributed by atoms with Crippen molar-refractivity contribution in [1.29, 1.82) is 0 Å². The van der Waals surface area contributed by atoms with E-state index < -0.39 is 0 Å². The lowest BCUT2D eigenvalue weighted by atomic mass is 9.90. The predicted molar refractivity (Wildman–Crippen MR) is 391 cm³/mol. The molecule has 2 aliphatic carbocycles. The maximum absolute atomic E-state index is 14.6. The van der Waals surface area contributed by atoms with Crippen LogP contribution in [0, 0.1) is 0 Å². The number of piperazine rings is 2. The van der Waals surface area contributed by atoms with Crippen LogP contribution in [0.25, 0.3) is 66.8 Å². The lowest BCUT2D eigenvalue weighted by molar-refractivity contribution is -0.143. The number of carbonyl (C=O) groups is 3. The van der Waals surface area contributed by atoms with Gasteiger partial charge >= 0.3 is 5.97 Å². The number of amides is 2. The molecular weight excluding hydrogens is 1210 g/mol. The van der Waals surface area contributed by atoms with Crippen LogP contribution in [0.2, 0.25) is 0 Å². The number of hydrogen-bond donors (Lipinski definition) is 0. The highest BCUT2D eigenvalue weighted by Crippen LogP contribution is 2.44. The largest absolute Gasteiger partial charge is 0.466 e. The van der Waals surface area contributed by atoms with Gasteiger partial charge in [0.05, 0.1) is 25.2 Å². The first-order chi connectivity index (χ1) is 46.0. The molecule has 2 amide bonds. The van der Waals surface area contributed by atoms with Gasteiger partial charge in [-0.1, -0.05) is 36.4 Å². The van der Waals surface area contributed by atoms with Gasteiger partial charge in [0.25, 0.3) is 11.8 Å². The summed E-state index contributed by atoms with van der Waals surface area (Å²) < 4.78 is 29.9. The standard InChI is InChI=1S/C77H100N8O7S2/c1-9-80(10-2)57-28-32-65-69(52-57)91-70-53-58(81(11-3)12-4)29-33-66(70)74(65)61-24-17-19-26-63(61)76(87)84-43-39-78(40-44-84)37-21-47-89-48-23-50-93-56-94-51-36-73(86)90-49-22-38-79-41-45-85(46-42-79)77(88)64-27-20-18-25-62(64)75-67-34-30-59(82(13-5)14-6)54-71(67)92-72-55-60(31-35-68(72)75)83(15-7)16-8/h17-20,24-35,52-55H,9-16,21-23,36-51,56H2,1-8H3/q+2. The molecular formula is C77H100N8O7S2+2. The summed E-state index contributed by atoms with van der Waals surface area (Å²) in [6, 6.07) is 42.1. The van der Waals surface area contributed by atoms with Gasteiger partial charge in [0, 0.05) is 195 Å². The topological polar surface area (TPSA) is 121 Å². The molecule has 15 nitrogen and oxygen atoms in total. The number of fused-ring (bicyclic) bond motifs is 4. The Hall–Kier alpha value is -7.15. The fourth-order valence-electron chi connectivity index (χ4n) is 13.6. The molecule has 0 N–H and O–H groups in total. The normalized spacial score (nSPS) is 14.0. The van der Waals surface area contributed by atoms with E-state index in [9.17, 15) is 14.4 Å². The van der Waals surface area contributed by atoms with Gasteiger partial charge in [0.15, 0.2) is 0 Å². The summed E-state index contributed by atoms with van der Waals surface area (Å²) in [6.45, 7) is 34.0. The number of esters is 1. The van der Waals surface area contributed by atoms with E-state index in [-0.39, 0.29) is 17.8 Å². The lowest BCUT2D eigenvalue weighted by Crippen LogP contribution is -2.49. The number of nitrogens with zero attached hydrogens (tertiary/aromatic N) is 8. The van der Waals surface area contributed by atoms with Crippen LogP contribution in [0.1, 0.15) is 102 Å². The maximum atomic E-state index is 14.6. The van der Waals surface area contributed by atoms with Crippen LogP contribution in [0.15, 0.2) is 130 Å². The number of rotatable bonds is 31. The zero-order valence-corrected chi connectivity index (χ0v) is 58.7. The molecule has 0 aromatic heterocycles. The Morgan fingerprint density at radius 1 is 0.479 bits per heavy atom. The van der Waals surface area contributed by atoms with Crippen LogP contribution >= 0.6 is 23.5 Å². The molecule has 2 saturated heterocycles. The lowest BCUT2D eigenvalue weighted by Gasteiger charge is -2.35. The third-order valence-electron chi connectivity index (χ3n) is 18.9. The number of carbonyl (C=O) groups excluding carboxylic acids is 3. The second-order valence-corrected chi connectivity index (χ2v) is 26.9. The van der Waals surface area contributed by atoms with Crippen molar-refractivity contribution in [3.05, 3.63) is 143 Å². The third kappa shape index (κ3) is 16.7. The second kappa shape index (κ2) is 34.5. The average molecular weight is 1310 g/mol. The van der Waals surface area contributed by atoms with Gasteiger partial charge in [-0.25, -0.2) is 9.15 Å². The van der Waals surface area contributed by atoms with Crippen molar-refractivity contribution in [3.8, 4) is 44.9 Å². The fourth-order valence-corrected chi connectivity index (χ4v) is 15.6. The van der Waals surface area contributed by atoms with Crippen molar-refractivity contribution < 1.29 is 32.7 Å². The van der Waals surface area contributed by atoms with E-state index in [4.69, 9.17) is 18.3 Å². The molecule has 4 aromatic carbocycles. The van der Waals surface area contributed by atoms with Gasteiger partial charge in [-0.2, -0.15) is 23.5 Å². The molecule has 0 saturated carbocycles. The summed E-state index contributed by atoms with van der Waals surface area (Å²) in [5, 5.41) is 5.15. The SMILES string of the molecule is CCN(CC)c1ccc2c(-c3ccccc3C(=O)N3CCN(CCCOCCCSCSCCC(=O)OCCCN4CCN(C(=O)c5ccccc5-c5c6ccc(=[N+](CC)CC)cc-6oc6cc(N(CC)CC)ccc56)CC4)CC3)c3ccc(=[N+](CC)CC)cc-3oc2c1. The first-order valence-corrected chi connectivity index (χ1v) is 37.1. The molecule has 500 valence electrons. The summed E-state index contributed by atoms with van der Waals surface area (Å²) in [7, 11) is 0. The van der Waals surface area contributed by atoms with E-state index in [1.807, 2.05) is 58.0 Å². The van der Waals surface area contributed by atoms with Gasteiger partial charge < -0.3 is 37.9 Å². The summed E-state index contributed by atoms with van der Waals surface area (Å²) in [5.41, 5.74) is 11.1. The third-order valence-corrected chi connectivity index (χ3v) is 21.3. The number of hydrogen-bond acceptors (Lipinski definition) is 13. The number of benzene rings is 6. The van der Waals surface area contributed by atoms with Gasteiger partial charge in [-0.15, -0.1) is 0 Å². The van der Waals surface area contributed by atoms with E-state index >= 15 is 0 Å². The zero-order chi connectivity index (χ0) is 65.9. The highest BCUT2D eigenvalue weighted by atomic mass is 32.2. The first kappa shape index (κ1) is 69.7. The van der Waals surface area contributed by atoms with Crippen molar-refractivity contribution >= 4 is 74.6 Å². The Morgan fingerprint density at radius 3 is 1.37 bits per heavy atom. The first-order valence-electron chi connectivity index (χ1n) is 34.8.